The molecule has 0 unspecified atom stereocenters. The van der Waals surface area contributed by atoms with Crippen molar-refractivity contribution < 1.29 is 14.4 Å². The van der Waals surface area contributed by atoms with E-state index >= 15 is 0 Å². The van der Waals surface area contributed by atoms with E-state index in [0.29, 0.717) is 18.7 Å². The number of urea groups is 1. The summed E-state index contributed by atoms with van der Waals surface area (Å²) in [5.74, 6) is -1.87. The quantitative estimate of drug-likeness (QED) is 0.521. The third-order valence-electron chi connectivity index (χ3n) is 5.56. The van der Waals surface area contributed by atoms with Gasteiger partial charge >= 0.3 is 6.03 Å². The van der Waals surface area contributed by atoms with E-state index < -0.39 is 23.8 Å². The average molecular weight is 405 g/mol. The first-order chi connectivity index (χ1) is 14.5. The maximum absolute atomic E-state index is 12.6. The molecule has 0 aliphatic carbocycles. The van der Waals surface area contributed by atoms with Crippen molar-refractivity contribution in [1.29, 1.82) is 0 Å². The van der Waals surface area contributed by atoms with Crippen molar-refractivity contribution in [3.8, 4) is 0 Å². The molecule has 1 aliphatic heterocycles. The first-order valence-electron chi connectivity index (χ1n) is 10.2. The number of carbonyl (C=O) groups is 3. The number of benzene rings is 2. The Morgan fingerprint density at radius 1 is 0.867 bits per heavy atom. The molecular formula is C24H27N3O3. The van der Waals surface area contributed by atoms with Gasteiger partial charge in [0.25, 0.3) is 0 Å². The number of nitrogens with zero attached hydrogens (tertiary/aromatic N) is 3. The van der Waals surface area contributed by atoms with Crippen LogP contribution < -0.4 is 0 Å². The van der Waals surface area contributed by atoms with Crippen molar-refractivity contribution in [3.63, 3.8) is 0 Å². The summed E-state index contributed by atoms with van der Waals surface area (Å²) in [4.78, 5) is 43.9. The molecule has 0 N–H and O–H groups in total. The second-order valence-corrected chi connectivity index (χ2v) is 7.40. The van der Waals surface area contributed by atoms with Crippen LogP contribution in [-0.2, 0) is 9.59 Å². The smallest absolute Gasteiger partial charge is 0.293 e. The molecule has 0 radical (unpaired) electrons. The van der Waals surface area contributed by atoms with Gasteiger partial charge in [-0.15, -0.1) is 0 Å². The molecule has 3 rings (SSSR count). The third-order valence-corrected chi connectivity index (χ3v) is 5.56. The summed E-state index contributed by atoms with van der Waals surface area (Å²) in [6, 6.07) is 19.9. The van der Waals surface area contributed by atoms with Gasteiger partial charge in [-0.3, -0.25) is 24.4 Å². The second-order valence-electron chi connectivity index (χ2n) is 7.40. The van der Waals surface area contributed by atoms with Gasteiger partial charge in [0.05, 0.1) is 0 Å². The van der Waals surface area contributed by atoms with E-state index in [1.54, 1.807) is 0 Å². The Labute approximate surface area is 177 Å². The fourth-order valence-electron chi connectivity index (χ4n) is 3.83. The Kier molecular flexibility index (Phi) is 6.77. The Morgan fingerprint density at radius 3 is 1.77 bits per heavy atom. The van der Waals surface area contributed by atoms with Crippen LogP contribution in [0.15, 0.2) is 65.7 Å². The molecule has 0 aromatic heterocycles. The maximum atomic E-state index is 12.6. The van der Waals surface area contributed by atoms with Crippen molar-refractivity contribution in [3.05, 3.63) is 71.8 Å². The van der Waals surface area contributed by atoms with Gasteiger partial charge in [0, 0.05) is 32.3 Å². The molecule has 1 aliphatic rings. The minimum Gasteiger partial charge on any atom is -0.293 e. The molecule has 0 spiro atoms. The number of hydrogen-bond acceptors (Lipinski definition) is 4. The molecule has 0 bridgehead atoms. The van der Waals surface area contributed by atoms with Crippen LogP contribution in [0.5, 0.6) is 0 Å². The molecule has 1 fully saturated rings. The van der Waals surface area contributed by atoms with Crippen LogP contribution in [-0.4, -0.2) is 54.0 Å². The third kappa shape index (κ3) is 4.32. The van der Waals surface area contributed by atoms with Gasteiger partial charge < -0.3 is 0 Å². The minimum absolute atomic E-state index is 0.166. The van der Waals surface area contributed by atoms with Gasteiger partial charge in [0.2, 0.25) is 11.8 Å². The Morgan fingerprint density at radius 2 is 1.33 bits per heavy atom. The molecule has 2 aromatic rings. The Bertz CT molecular complexity index is 877. The van der Waals surface area contributed by atoms with Gasteiger partial charge in [0.1, 0.15) is 0 Å². The van der Waals surface area contributed by atoms with Crippen LogP contribution in [0.25, 0.3) is 0 Å². The molecule has 156 valence electrons. The summed E-state index contributed by atoms with van der Waals surface area (Å²) >= 11 is 0. The van der Waals surface area contributed by atoms with E-state index in [1.165, 1.54) is 25.2 Å². The molecule has 1 saturated heterocycles. The van der Waals surface area contributed by atoms with E-state index in [-0.39, 0.29) is 5.92 Å². The number of hydrogen-bond donors (Lipinski definition) is 0. The standard InChI is InChI=1S/C24H27N3O3/c1-4-20(21-22(28)26(2)24(30)27(3)23(21)29)25-16-15-19(17-11-7-5-8-12-17)18-13-9-6-10-14-18/h5-14,19,21H,4,15-16H2,1-3H3. The Balaban J connectivity index is 1.82. The zero-order valence-corrected chi connectivity index (χ0v) is 17.6. The van der Waals surface area contributed by atoms with Gasteiger partial charge in [-0.05, 0) is 24.0 Å². The molecule has 4 amide bonds. The highest BCUT2D eigenvalue weighted by Crippen LogP contribution is 2.28. The van der Waals surface area contributed by atoms with Crippen molar-refractivity contribution in [2.45, 2.75) is 25.7 Å². The number of rotatable bonds is 7. The molecule has 30 heavy (non-hydrogen) atoms. The topological polar surface area (TPSA) is 70.1 Å². The summed E-state index contributed by atoms with van der Waals surface area (Å²) in [5.41, 5.74) is 2.93. The van der Waals surface area contributed by atoms with Crippen molar-refractivity contribution in [2.24, 2.45) is 10.9 Å². The predicted molar refractivity (Wildman–Crippen MR) is 116 cm³/mol. The molecule has 6 nitrogen and oxygen atoms in total. The van der Waals surface area contributed by atoms with Crippen LogP contribution in [0.2, 0.25) is 0 Å². The monoisotopic (exact) mass is 405 g/mol. The molecule has 0 saturated carbocycles. The molecule has 2 aromatic carbocycles. The largest absolute Gasteiger partial charge is 0.332 e. The van der Waals surface area contributed by atoms with E-state index in [4.69, 9.17) is 0 Å². The molecular weight excluding hydrogens is 378 g/mol. The molecule has 1 heterocycles. The lowest BCUT2D eigenvalue weighted by Gasteiger charge is -2.33. The van der Waals surface area contributed by atoms with Crippen molar-refractivity contribution in [1.82, 2.24) is 9.80 Å². The lowest BCUT2D eigenvalue weighted by atomic mass is 9.88. The van der Waals surface area contributed by atoms with Crippen molar-refractivity contribution in [2.75, 3.05) is 20.6 Å². The summed E-state index contributed by atoms with van der Waals surface area (Å²) in [5, 5.41) is 0. The number of carbonyl (C=O) groups excluding carboxylic acids is 3. The average Bonchev–Trinajstić information content (AvgIpc) is 2.79. The van der Waals surface area contributed by atoms with Crippen molar-refractivity contribution >= 4 is 23.6 Å². The first kappa shape index (κ1) is 21.4. The minimum atomic E-state index is -1.02. The van der Waals surface area contributed by atoms with Crippen LogP contribution in [0.3, 0.4) is 0 Å². The lowest BCUT2D eigenvalue weighted by molar-refractivity contribution is -0.144. The van der Waals surface area contributed by atoms with Gasteiger partial charge in [-0.25, -0.2) is 4.79 Å². The summed E-state index contributed by atoms with van der Waals surface area (Å²) in [7, 11) is 2.80. The highest BCUT2D eigenvalue weighted by molar-refractivity contribution is 6.27. The fourth-order valence-corrected chi connectivity index (χ4v) is 3.83. The van der Waals surface area contributed by atoms with E-state index in [2.05, 4.69) is 29.3 Å². The van der Waals surface area contributed by atoms with Crippen LogP contribution >= 0.6 is 0 Å². The fraction of sp³-hybridized carbons (Fsp3) is 0.333. The lowest BCUT2D eigenvalue weighted by Crippen LogP contribution is -2.58. The first-order valence-corrected chi connectivity index (χ1v) is 10.2. The Hall–Kier alpha value is -3.28. The number of amides is 4. The summed E-state index contributed by atoms with van der Waals surface area (Å²) in [6.07, 6.45) is 1.22. The number of aliphatic imine (C=N–C) groups is 1. The van der Waals surface area contributed by atoms with E-state index in [0.717, 1.165) is 16.2 Å². The van der Waals surface area contributed by atoms with Gasteiger partial charge in [0.15, 0.2) is 5.92 Å². The number of imide groups is 2. The van der Waals surface area contributed by atoms with Crippen LogP contribution in [0.1, 0.15) is 36.8 Å². The highest BCUT2D eigenvalue weighted by atomic mass is 16.2. The second kappa shape index (κ2) is 9.48. The van der Waals surface area contributed by atoms with Gasteiger partial charge in [-0.1, -0.05) is 67.6 Å². The SMILES string of the molecule is CCC(=NCCC(c1ccccc1)c1ccccc1)C1C(=O)N(C)C(=O)N(C)C1=O. The van der Waals surface area contributed by atoms with Gasteiger partial charge in [-0.2, -0.15) is 0 Å². The summed E-state index contributed by atoms with van der Waals surface area (Å²) < 4.78 is 0. The zero-order chi connectivity index (χ0) is 21.7. The highest BCUT2D eigenvalue weighted by Gasteiger charge is 2.44. The van der Waals surface area contributed by atoms with E-state index in [9.17, 15) is 14.4 Å². The van der Waals surface area contributed by atoms with Crippen LogP contribution in [0, 0.1) is 5.92 Å². The predicted octanol–water partition coefficient (Wildman–Crippen LogP) is 3.73. The van der Waals surface area contributed by atoms with E-state index in [1.807, 2.05) is 43.3 Å². The normalized spacial score (nSPS) is 16.0. The number of barbiturate groups is 1. The molecule has 0 atom stereocenters. The maximum Gasteiger partial charge on any atom is 0.332 e. The zero-order valence-electron chi connectivity index (χ0n) is 17.6. The molecule has 6 heteroatoms. The summed E-state index contributed by atoms with van der Waals surface area (Å²) in [6.45, 7) is 2.36. The van der Waals surface area contributed by atoms with Crippen LogP contribution in [0.4, 0.5) is 4.79 Å².